The van der Waals surface area contributed by atoms with Gasteiger partial charge < -0.3 is 5.32 Å². The van der Waals surface area contributed by atoms with Gasteiger partial charge in [-0.15, -0.1) is 0 Å². The lowest BCUT2D eigenvalue weighted by Crippen LogP contribution is -2.40. The molecule has 0 heterocycles. The van der Waals surface area contributed by atoms with Gasteiger partial charge in [-0.25, -0.2) is 13.1 Å². The van der Waals surface area contributed by atoms with Crippen LogP contribution < -0.4 is 10.0 Å². The molecule has 5 heteroatoms. The maximum Gasteiger partial charge on any atom is 0.227 e. The van der Waals surface area contributed by atoms with Gasteiger partial charge in [0.2, 0.25) is 10.0 Å². The van der Waals surface area contributed by atoms with Crippen LogP contribution in [0.4, 0.5) is 0 Å². The van der Waals surface area contributed by atoms with Crippen LogP contribution in [-0.2, 0) is 10.0 Å². The summed E-state index contributed by atoms with van der Waals surface area (Å²) < 4.78 is 24.5. The Morgan fingerprint density at radius 1 is 1.42 bits per heavy atom. The lowest BCUT2D eigenvalue weighted by Gasteiger charge is -2.12. The average molecular weight is 194 g/mol. The standard InChI is InChI=1S/C7H18N2O2S/c1-4-5-6-9-7(2)12(10,11)8-3/h7-9H,4-6H2,1-3H3. The van der Waals surface area contributed by atoms with Crippen LogP contribution in [0.5, 0.6) is 0 Å². The second-order valence-corrected chi connectivity index (χ2v) is 4.90. The molecule has 0 aromatic heterocycles. The van der Waals surface area contributed by atoms with E-state index in [9.17, 15) is 8.42 Å². The molecule has 1 unspecified atom stereocenters. The molecule has 0 spiro atoms. The van der Waals surface area contributed by atoms with Crippen molar-refractivity contribution in [1.29, 1.82) is 0 Å². The highest BCUT2D eigenvalue weighted by Crippen LogP contribution is 1.93. The van der Waals surface area contributed by atoms with E-state index >= 15 is 0 Å². The Morgan fingerprint density at radius 2 is 2.00 bits per heavy atom. The second-order valence-electron chi connectivity index (χ2n) is 2.70. The van der Waals surface area contributed by atoms with E-state index in [4.69, 9.17) is 0 Å². The zero-order chi connectivity index (χ0) is 9.61. The predicted molar refractivity (Wildman–Crippen MR) is 50.4 cm³/mol. The zero-order valence-electron chi connectivity index (χ0n) is 7.92. The molecular weight excluding hydrogens is 176 g/mol. The predicted octanol–water partition coefficient (Wildman–Crippen LogP) is 0.271. The minimum Gasteiger partial charge on any atom is -0.300 e. The highest BCUT2D eigenvalue weighted by molar-refractivity contribution is 7.90. The molecular formula is C7H18N2O2S. The number of sulfonamides is 1. The van der Waals surface area contributed by atoms with Crippen LogP contribution in [0.25, 0.3) is 0 Å². The van der Waals surface area contributed by atoms with Gasteiger partial charge in [-0.2, -0.15) is 0 Å². The minimum absolute atomic E-state index is 0.506. The van der Waals surface area contributed by atoms with Crippen molar-refractivity contribution in [3.8, 4) is 0 Å². The topological polar surface area (TPSA) is 58.2 Å². The average Bonchev–Trinajstić information content (AvgIpc) is 2.05. The molecule has 1 atom stereocenters. The Hall–Kier alpha value is -0.130. The Bertz CT molecular complexity index is 201. The molecule has 0 fully saturated rings. The van der Waals surface area contributed by atoms with E-state index in [1.807, 2.05) is 0 Å². The fraction of sp³-hybridized carbons (Fsp3) is 1.00. The minimum atomic E-state index is -3.14. The fourth-order valence-electron chi connectivity index (χ4n) is 0.769. The van der Waals surface area contributed by atoms with Crippen molar-refractivity contribution in [2.75, 3.05) is 13.6 Å². The molecule has 0 bridgehead atoms. The molecule has 0 aromatic carbocycles. The maximum absolute atomic E-state index is 11.1. The van der Waals surface area contributed by atoms with E-state index in [1.165, 1.54) is 7.05 Å². The molecule has 0 aliphatic heterocycles. The first-order chi connectivity index (χ1) is 5.54. The summed E-state index contributed by atoms with van der Waals surface area (Å²) in [5, 5.41) is 2.42. The summed E-state index contributed by atoms with van der Waals surface area (Å²) in [5.41, 5.74) is 0. The summed E-state index contributed by atoms with van der Waals surface area (Å²) in [6.07, 6.45) is 2.07. The number of unbranched alkanes of at least 4 members (excludes halogenated alkanes) is 1. The first kappa shape index (κ1) is 11.9. The van der Waals surface area contributed by atoms with E-state index in [0.717, 1.165) is 19.4 Å². The van der Waals surface area contributed by atoms with Crippen LogP contribution in [0, 0.1) is 0 Å². The van der Waals surface area contributed by atoms with Crippen molar-refractivity contribution in [2.45, 2.75) is 32.1 Å². The van der Waals surface area contributed by atoms with Crippen molar-refractivity contribution < 1.29 is 8.42 Å². The van der Waals surface area contributed by atoms with Gasteiger partial charge >= 0.3 is 0 Å². The molecule has 0 aliphatic rings. The zero-order valence-corrected chi connectivity index (χ0v) is 8.74. The Morgan fingerprint density at radius 3 is 2.42 bits per heavy atom. The first-order valence-electron chi connectivity index (χ1n) is 4.20. The van der Waals surface area contributed by atoms with Gasteiger partial charge in [0, 0.05) is 0 Å². The molecule has 12 heavy (non-hydrogen) atoms. The van der Waals surface area contributed by atoms with Gasteiger partial charge in [-0.05, 0) is 26.9 Å². The Balaban J connectivity index is 3.80. The number of hydrogen-bond acceptors (Lipinski definition) is 3. The summed E-state index contributed by atoms with van der Waals surface area (Å²) in [5.74, 6) is 0. The number of nitrogens with one attached hydrogen (secondary N) is 2. The molecule has 0 radical (unpaired) electrons. The van der Waals surface area contributed by atoms with Gasteiger partial charge in [0.1, 0.15) is 5.37 Å². The van der Waals surface area contributed by atoms with Gasteiger partial charge in [0.05, 0.1) is 0 Å². The quantitative estimate of drug-likeness (QED) is 0.597. The monoisotopic (exact) mass is 194 g/mol. The number of rotatable bonds is 6. The highest BCUT2D eigenvalue weighted by Gasteiger charge is 2.16. The third kappa shape index (κ3) is 4.04. The number of hydrogen-bond donors (Lipinski definition) is 2. The van der Waals surface area contributed by atoms with Gasteiger partial charge in [-0.1, -0.05) is 13.3 Å². The summed E-state index contributed by atoms with van der Waals surface area (Å²) in [4.78, 5) is 0. The van der Waals surface area contributed by atoms with Crippen molar-refractivity contribution in [2.24, 2.45) is 0 Å². The van der Waals surface area contributed by atoms with Crippen LogP contribution >= 0.6 is 0 Å². The fourth-order valence-corrected chi connectivity index (χ4v) is 1.46. The van der Waals surface area contributed by atoms with Crippen molar-refractivity contribution >= 4 is 10.0 Å². The summed E-state index contributed by atoms with van der Waals surface area (Å²) >= 11 is 0. The van der Waals surface area contributed by atoms with Crippen molar-refractivity contribution in [1.82, 2.24) is 10.0 Å². The normalized spacial score (nSPS) is 14.6. The maximum atomic E-state index is 11.1. The van der Waals surface area contributed by atoms with E-state index < -0.39 is 15.4 Å². The van der Waals surface area contributed by atoms with Crippen LogP contribution in [0.2, 0.25) is 0 Å². The molecule has 2 N–H and O–H groups in total. The van der Waals surface area contributed by atoms with Gasteiger partial charge in [0.15, 0.2) is 0 Å². The molecule has 0 amide bonds. The van der Waals surface area contributed by atoms with E-state index in [2.05, 4.69) is 17.0 Å². The Kier molecular flexibility index (Phi) is 5.44. The van der Waals surface area contributed by atoms with Gasteiger partial charge in [0.25, 0.3) is 0 Å². The lowest BCUT2D eigenvalue weighted by atomic mass is 10.3. The molecule has 0 rings (SSSR count). The molecule has 4 nitrogen and oxygen atoms in total. The van der Waals surface area contributed by atoms with Crippen LogP contribution in [0.1, 0.15) is 26.7 Å². The van der Waals surface area contributed by atoms with Crippen molar-refractivity contribution in [3.05, 3.63) is 0 Å². The van der Waals surface area contributed by atoms with E-state index in [-0.39, 0.29) is 0 Å². The summed E-state index contributed by atoms with van der Waals surface area (Å²) in [7, 11) is -1.72. The highest BCUT2D eigenvalue weighted by atomic mass is 32.2. The molecule has 0 aromatic rings. The van der Waals surface area contributed by atoms with Crippen LogP contribution in [0.3, 0.4) is 0 Å². The molecule has 0 aliphatic carbocycles. The third-order valence-electron chi connectivity index (χ3n) is 1.71. The largest absolute Gasteiger partial charge is 0.300 e. The molecule has 0 saturated carbocycles. The molecule has 0 saturated heterocycles. The van der Waals surface area contributed by atoms with Crippen molar-refractivity contribution in [3.63, 3.8) is 0 Å². The smallest absolute Gasteiger partial charge is 0.227 e. The first-order valence-corrected chi connectivity index (χ1v) is 5.75. The van der Waals surface area contributed by atoms with Gasteiger partial charge in [-0.3, -0.25) is 0 Å². The third-order valence-corrected chi connectivity index (χ3v) is 3.38. The molecule has 74 valence electrons. The van der Waals surface area contributed by atoms with E-state index in [0.29, 0.717) is 0 Å². The SMILES string of the molecule is CCCCNC(C)S(=O)(=O)NC. The van der Waals surface area contributed by atoms with Crippen LogP contribution in [-0.4, -0.2) is 27.4 Å². The van der Waals surface area contributed by atoms with E-state index in [1.54, 1.807) is 6.92 Å². The second kappa shape index (κ2) is 5.50. The Labute approximate surface area is 74.8 Å². The summed E-state index contributed by atoms with van der Waals surface area (Å²) in [6.45, 7) is 4.46. The summed E-state index contributed by atoms with van der Waals surface area (Å²) in [6, 6.07) is 0. The lowest BCUT2D eigenvalue weighted by molar-refractivity contribution is 0.545. The van der Waals surface area contributed by atoms with Crippen LogP contribution in [0.15, 0.2) is 0 Å².